The lowest BCUT2D eigenvalue weighted by Gasteiger charge is -2.21. The fraction of sp³-hybridized carbons (Fsp3) is 0.316. The summed E-state index contributed by atoms with van der Waals surface area (Å²) < 4.78 is 38.3. The number of carbonyl (C=O) groups excluding carboxylic acids is 1. The summed E-state index contributed by atoms with van der Waals surface area (Å²) in [6.07, 6.45) is 0. The van der Waals surface area contributed by atoms with Crippen molar-refractivity contribution in [2.75, 3.05) is 25.6 Å². The van der Waals surface area contributed by atoms with E-state index in [9.17, 15) is 13.2 Å². The summed E-state index contributed by atoms with van der Waals surface area (Å²) in [5, 5.41) is 2.75. The standard InChI is InChI=1S/C19H20N2O5S/c1-12-15-10-14(4-5-16(15)20-19(12)22)27(23,24)21(2)11-13-3-6-17-18(9-13)26-8-7-25-17/h3-6,9-10,12H,7-8,11H2,1-2H3,(H,20,22)/t12-/m1/s1. The van der Waals surface area contributed by atoms with Crippen molar-refractivity contribution < 1.29 is 22.7 Å². The highest BCUT2D eigenvalue weighted by Gasteiger charge is 2.29. The van der Waals surface area contributed by atoms with Crippen LogP contribution in [-0.4, -0.2) is 38.9 Å². The smallest absolute Gasteiger partial charge is 0.243 e. The number of hydrogen-bond donors (Lipinski definition) is 1. The van der Waals surface area contributed by atoms with Gasteiger partial charge in [-0.1, -0.05) is 6.07 Å². The number of nitrogens with one attached hydrogen (secondary N) is 1. The topological polar surface area (TPSA) is 84.9 Å². The Labute approximate surface area is 157 Å². The van der Waals surface area contributed by atoms with Crippen molar-refractivity contribution in [3.63, 3.8) is 0 Å². The number of hydrogen-bond acceptors (Lipinski definition) is 5. The van der Waals surface area contributed by atoms with E-state index in [0.29, 0.717) is 36.0 Å². The second-order valence-corrected chi connectivity index (χ2v) is 8.74. The summed E-state index contributed by atoms with van der Waals surface area (Å²) in [5.41, 5.74) is 2.17. The molecular weight excluding hydrogens is 368 g/mol. The van der Waals surface area contributed by atoms with Crippen molar-refractivity contribution in [2.24, 2.45) is 0 Å². The summed E-state index contributed by atoms with van der Waals surface area (Å²) in [5.74, 6) is 0.809. The monoisotopic (exact) mass is 388 g/mol. The van der Waals surface area contributed by atoms with E-state index in [1.165, 1.54) is 17.4 Å². The quantitative estimate of drug-likeness (QED) is 0.869. The number of sulfonamides is 1. The molecule has 1 N–H and O–H groups in total. The molecule has 27 heavy (non-hydrogen) atoms. The highest BCUT2D eigenvalue weighted by Crippen LogP contribution is 2.35. The van der Waals surface area contributed by atoms with E-state index in [0.717, 1.165) is 5.56 Å². The molecule has 8 heteroatoms. The molecule has 0 saturated carbocycles. The van der Waals surface area contributed by atoms with E-state index in [4.69, 9.17) is 9.47 Å². The first-order chi connectivity index (χ1) is 12.9. The van der Waals surface area contributed by atoms with Crippen LogP contribution >= 0.6 is 0 Å². The van der Waals surface area contributed by atoms with Gasteiger partial charge >= 0.3 is 0 Å². The molecule has 1 amide bonds. The molecule has 0 aliphatic carbocycles. The van der Waals surface area contributed by atoms with Gasteiger partial charge in [-0.25, -0.2) is 8.42 Å². The first-order valence-corrected chi connectivity index (χ1v) is 10.1. The van der Waals surface area contributed by atoms with Gasteiger partial charge in [0, 0.05) is 19.3 Å². The van der Waals surface area contributed by atoms with Crippen LogP contribution in [0, 0.1) is 0 Å². The van der Waals surface area contributed by atoms with E-state index in [2.05, 4.69) is 5.32 Å². The first kappa shape index (κ1) is 17.8. The Morgan fingerprint density at radius 2 is 1.85 bits per heavy atom. The maximum Gasteiger partial charge on any atom is 0.243 e. The van der Waals surface area contributed by atoms with Gasteiger partial charge in [0.05, 0.1) is 10.8 Å². The van der Waals surface area contributed by atoms with Crippen molar-refractivity contribution in [3.05, 3.63) is 47.5 Å². The molecule has 0 spiro atoms. The van der Waals surface area contributed by atoms with Crippen LogP contribution in [-0.2, 0) is 21.4 Å². The SMILES string of the molecule is C[C@H]1C(=O)Nc2ccc(S(=O)(=O)N(C)Cc3ccc4c(c3)OCCO4)cc21. The Bertz CT molecular complexity index is 1020. The van der Waals surface area contributed by atoms with Gasteiger partial charge in [-0.3, -0.25) is 4.79 Å². The molecular formula is C19H20N2O5S. The normalized spacial score (nSPS) is 18.3. The van der Waals surface area contributed by atoms with Gasteiger partial charge in [0.2, 0.25) is 15.9 Å². The number of anilines is 1. The molecule has 0 bridgehead atoms. The van der Waals surface area contributed by atoms with Gasteiger partial charge in [0.25, 0.3) is 0 Å². The lowest BCUT2D eigenvalue weighted by Crippen LogP contribution is -2.26. The third-order valence-corrected chi connectivity index (χ3v) is 6.66. The highest BCUT2D eigenvalue weighted by atomic mass is 32.2. The number of fused-ring (bicyclic) bond motifs is 2. The van der Waals surface area contributed by atoms with Crippen LogP contribution in [0.15, 0.2) is 41.3 Å². The van der Waals surface area contributed by atoms with Crippen molar-refractivity contribution in [3.8, 4) is 11.5 Å². The summed E-state index contributed by atoms with van der Waals surface area (Å²) in [7, 11) is -2.16. The number of amides is 1. The Morgan fingerprint density at radius 1 is 1.11 bits per heavy atom. The van der Waals surface area contributed by atoms with Crippen molar-refractivity contribution in [2.45, 2.75) is 24.3 Å². The number of carbonyl (C=O) groups is 1. The van der Waals surface area contributed by atoms with Crippen LogP contribution < -0.4 is 14.8 Å². The largest absolute Gasteiger partial charge is 0.486 e. The van der Waals surface area contributed by atoms with E-state index in [1.807, 2.05) is 6.07 Å². The number of rotatable bonds is 4. The van der Waals surface area contributed by atoms with Gasteiger partial charge in [0.15, 0.2) is 11.5 Å². The zero-order chi connectivity index (χ0) is 19.2. The van der Waals surface area contributed by atoms with Gasteiger partial charge in [-0.05, 0) is 48.4 Å². The van der Waals surface area contributed by atoms with Crippen molar-refractivity contribution in [1.29, 1.82) is 0 Å². The Morgan fingerprint density at radius 3 is 2.63 bits per heavy atom. The van der Waals surface area contributed by atoms with E-state index >= 15 is 0 Å². The van der Waals surface area contributed by atoms with Gasteiger partial charge in [-0.15, -0.1) is 0 Å². The summed E-state index contributed by atoms with van der Waals surface area (Å²) >= 11 is 0. The minimum Gasteiger partial charge on any atom is -0.486 e. The number of ether oxygens (including phenoxy) is 2. The number of nitrogens with zero attached hydrogens (tertiary/aromatic N) is 1. The molecule has 1 atom stereocenters. The Balaban J connectivity index is 1.58. The fourth-order valence-electron chi connectivity index (χ4n) is 3.26. The lowest BCUT2D eigenvalue weighted by atomic mass is 10.0. The van der Waals surface area contributed by atoms with Crippen molar-refractivity contribution >= 4 is 21.6 Å². The second kappa shape index (κ2) is 6.54. The fourth-order valence-corrected chi connectivity index (χ4v) is 4.46. The zero-order valence-electron chi connectivity index (χ0n) is 15.1. The van der Waals surface area contributed by atoms with Crippen LogP contribution in [0.4, 0.5) is 5.69 Å². The maximum atomic E-state index is 13.0. The molecule has 2 aromatic carbocycles. The summed E-state index contributed by atoms with van der Waals surface area (Å²) in [6.45, 7) is 2.94. The Kier molecular flexibility index (Phi) is 4.32. The molecule has 142 valence electrons. The predicted molar refractivity (Wildman–Crippen MR) is 99.6 cm³/mol. The Hall–Kier alpha value is -2.58. The minimum atomic E-state index is -3.70. The van der Waals surface area contributed by atoms with Gasteiger partial charge < -0.3 is 14.8 Å². The second-order valence-electron chi connectivity index (χ2n) is 6.70. The first-order valence-electron chi connectivity index (χ1n) is 8.66. The molecule has 0 aromatic heterocycles. The average molecular weight is 388 g/mol. The molecule has 7 nitrogen and oxygen atoms in total. The maximum absolute atomic E-state index is 13.0. The average Bonchev–Trinajstić information content (AvgIpc) is 2.95. The van der Waals surface area contributed by atoms with Crippen LogP contribution in [0.5, 0.6) is 11.5 Å². The molecule has 0 saturated heterocycles. The lowest BCUT2D eigenvalue weighted by molar-refractivity contribution is -0.116. The third kappa shape index (κ3) is 3.15. The number of benzene rings is 2. The molecule has 2 aromatic rings. The highest BCUT2D eigenvalue weighted by molar-refractivity contribution is 7.89. The van der Waals surface area contributed by atoms with Crippen LogP contribution in [0.3, 0.4) is 0 Å². The van der Waals surface area contributed by atoms with Crippen LogP contribution in [0.2, 0.25) is 0 Å². The van der Waals surface area contributed by atoms with Gasteiger partial charge in [0.1, 0.15) is 13.2 Å². The molecule has 0 radical (unpaired) electrons. The molecule has 2 aliphatic rings. The van der Waals surface area contributed by atoms with E-state index in [-0.39, 0.29) is 23.3 Å². The molecule has 0 unspecified atom stereocenters. The minimum absolute atomic E-state index is 0.121. The van der Waals surface area contributed by atoms with E-state index in [1.54, 1.807) is 31.2 Å². The molecule has 0 fully saturated rings. The molecule has 4 rings (SSSR count). The molecule has 2 aliphatic heterocycles. The van der Waals surface area contributed by atoms with Crippen LogP contribution in [0.1, 0.15) is 24.0 Å². The molecule has 2 heterocycles. The van der Waals surface area contributed by atoms with Crippen molar-refractivity contribution in [1.82, 2.24) is 4.31 Å². The summed E-state index contributed by atoms with van der Waals surface area (Å²) in [6, 6.07) is 10.2. The van der Waals surface area contributed by atoms with Crippen LogP contribution in [0.25, 0.3) is 0 Å². The van der Waals surface area contributed by atoms with Gasteiger partial charge in [-0.2, -0.15) is 4.31 Å². The zero-order valence-corrected chi connectivity index (χ0v) is 15.9. The predicted octanol–water partition coefficient (Wildman–Crippen LogP) is 2.33. The van der Waals surface area contributed by atoms with E-state index < -0.39 is 10.0 Å². The third-order valence-electron chi connectivity index (χ3n) is 4.86. The summed E-state index contributed by atoms with van der Waals surface area (Å²) in [4.78, 5) is 12.0.